The van der Waals surface area contributed by atoms with Crippen LogP contribution in [0.1, 0.15) is 38.3 Å². The van der Waals surface area contributed by atoms with Crippen LogP contribution in [0.25, 0.3) is 0 Å². The Morgan fingerprint density at radius 3 is 2.95 bits per heavy atom. The van der Waals surface area contributed by atoms with Gasteiger partial charge in [0, 0.05) is 24.2 Å². The van der Waals surface area contributed by atoms with Crippen molar-refractivity contribution in [1.82, 2.24) is 10.2 Å². The van der Waals surface area contributed by atoms with Crippen LogP contribution >= 0.6 is 0 Å². The Labute approximate surface area is 115 Å². The molecule has 19 heavy (non-hydrogen) atoms. The quantitative estimate of drug-likeness (QED) is 0.730. The number of nitrogens with zero attached hydrogens (tertiary/aromatic N) is 1. The van der Waals surface area contributed by atoms with Crippen LogP contribution in [-0.2, 0) is 0 Å². The summed E-state index contributed by atoms with van der Waals surface area (Å²) in [6, 6.07) is 5.17. The summed E-state index contributed by atoms with van der Waals surface area (Å²) in [5, 5.41) is 23.0. The maximum absolute atomic E-state index is 9.87. The highest BCUT2D eigenvalue weighted by Gasteiger charge is 2.21. The van der Waals surface area contributed by atoms with E-state index in [0.717, 1.165) is 18.7 Å². The Hall–Kier alpha value is -1.26. The third kappa shape index (κ3) is 3.61. The fraction of sp³-hybridized carbons (Fsp3) is 0.600. The number of piperidine rings is 1. The fourth-order valence-corrected chi connectivity index (χ4v) is 2.81. The minimum Gasteiger partial charge on any atom is -0.508 e. The number of rotatable bonds is 4. The van der Waals surface area contributed by atoms with Crippen molar-refractivity contribution < 1.29 is 10.2 Å². The van der Waals surface area contributed by atoms with Gasteiger partial charge in [0.15, 0.2) is 0 Å². The van der Waals surface area contributed by atoms with E-state index < -0.39 is 0 Å². The SMILES string of the molecule is CCN1CCCC(NC(C)c2cc(O)ccc2O)C1. The topological polar surface area (TPSA) is 55.7 Å². The fourth-order valence-electron chi connectivity index (χ4n) is 2.81. The number of phenolic OH excluding ortho intramolecular Hbond substituents is 2. The van der Waals surface area contributed by atoms with Crippen LogP contribution in [0.4, 0.5) is 0 Å². The Morgan fingerprint density at radius 2 is 2.21 bits per heavy atom. The van der Waals surface area contributed by atoms with Crippen molar-refractivity contribution >= 4 is 0 Å². The summed E-state index contributed by atoms with van der Waals surface area (Å²) in [5.74, 6) is 0.432. The van der Waals surface area contributed by atoms with E-state index in [1.54, 1.807) is 12.1 Å². The molecule has 0 radical (unpaired) electrons. The van der Waals surface area contributed by atoms with E-state index in [1.807, 2.05) is 6.92 Å². The third-order valence-electron chi connectivity index (χ3n) is 3.92. The first kappa shape index (κ1) is 14.2. The van der Waals surface area contributed by atoms with Gasteiger partial charge in [0.2, 0.25) is 0 Å². The molecule has 106 valence electrons. The molecular weight excluding hydrogens is 240 g/mol. The number of benzene rings is 1. The van der Waals surface area contributed by atoms with Crippen molar-refractivity contribution in [2.45, 2.75) is 38.8 Å². The number of likely N-dealkylation sites (tertiary alicyclic amines) is 1. The highest BCUT2D eigenvalue weighted by Crippen LogP contribution is 2.28. The minimum absolute atomic E-state index is 0.0360. The number of nitrogens with one attached hydrogen (secondary N) is 1. The zero-order valence-electron chi connectivity index (χ0n) is 11.8. The van der Waals surface area contributed by atoms with Gasteiger partial charge >= 0.3 is 0 Å². The van der Waals surface area contributed by atoms with Crippen LogP contribution in [0.5, 0.6) is 11.5 Å². The van der Waals surface area contributed by atoms with Gasteiger partial charge in [-0.1, -0.05) is 6.92 Å². The van der Waals surface area contributed by atoms with Gasteiger partial charge in [0.05, 0.1) is 0 Å². The molecular formula is C15H24N2O2. The summed E-state index contributed by atoms with van der Waals surface area (Å²) >= 11 is 0. The first-order chi connectivity index (χ1) is 9.10. The zero-order chi connectivity index (χ0) is 13.8. The van der Waals surface area contributed by atoms with Crippen LogP contribution in [-0.4, -0.2) is 40.8 Å². The molecule has 3 N–H and O–H groups in total. The predicted molar refractivity (Wildman–Crippen MR) is 76.5 cm³/mol. The Kier molecular flexibility index (Phi) is 4.66. The average Bonchev–Trinajstić information content (AvgIpc) is 2.41. The van der Waals surface area contributed by atoms with Gasteiger partial charge in [0.1, 0.15) is 11.5 Å². The minimum atomic E-state index is 0.0360. The molecule has 0 aromatic heterocycles. The van der Waals surface area contributed by atoms with Crippen molar-refractivity contribution in [2.75, 3.05) is 19.6 Å². The number of phenols is 2. The molecule has 1 aliphatic heterocycles. The van der Waals surface area contributed by atoms with Crippen molar-refractivity contribution in [3.8, 4) is 11.5 Å². The monoisotopic (exact) mass is 264 g/mol. The molecule has 1 fully saturated rings. The third-order valence-corrected chi connectivity index (χ3v) is 3.92. The molecule has 2 atom stereocenters. The van der Waals surface area contributed by atoms with Crippen LogP contribution in [0.15, 0.2) is 18.2 Å². The maximum Gasteiger partial charge on any atom is 0.120 e. The van der Waals surface area contributed by atoms with Crippen LogP contribution < -0.4 is 5.32 Å². The Morgan fingerprint density at radius 1 is 1.42 bits per heavy atom. The first-order valence-corrected chi connectivity index (χ1v) is 7.10. The number of hydrogen-bond donors (Lipinski definition) is 3. The van der Waals surface area contributed by atoms with Crippen LogP contribution in [0.3, 0.4) is 0 Å². The van der Waals surface area contributed by atoms with Gasteiger partial charge in [-0.05, 0) is 51.1 Å². The molecule has 0 amide bonds. The molecule has 1 heterocycles. The summed E-state index contributed by atoms with van der Waals surface area (Å²) in [6.07, 6.45) is 2.38. The second kappa shape index (κ2) is 6.26. The van der Waals surface area contributed by atoms with E-state index in [1.165, 1.54) is 25.5 Å². The van der Waals surface area contributed by atoms with E-state index in [2.05, 4.69) is 17.1 Å². The maximum atomic E-state index is 9.87. The summed E-state index contributed by atoms with van der Waals surface area (Å²) < 4.78 is 0. The van der Waals surface area contributed by atoms with Gasteiger partial charge in [-0.25, -0.2) is 0 Å². The normalized spacial score (nSPS) is 22.3. The van der Waals surface area contributed by atoms with Crippen molar-refractivity contribution in [2.24, 2.45) is 0 Å². The molecule has 1 aromatic rings. The second-order valence-corrected chi connectivity index (χ2v) is 5.36. The molecule has 0 bridgehead atoms. The molecule has 1 aliphatic rings. The van der Waals surface area contributed by atoms with Gasteiger partial charge in [0.25, 0.3) is 0 Å². The lowest BCUT2D eigenvalue weighted by atomic mass is 10.0. The van der Waals surface area contributed by atoms with Crippen molar-refractivity contribution in [1.29, 1.82) is 0 Å². The van der Waals surface area contributed by atoms with Gasteiger partial charge in [-0.3, -0.25) is 0 Å². The zero-order valence-corrected chi connectivity index (χ0v) is 11.8. The predicted octanol–water partition coefficient (Wildman–Crippen LogP) is 2.23. The van der Waals surface area contributed by atoms with Gasteiger partial charge < -0.3 is 20.4 Å². The lowest BCUT2D eigenvalue weighted by Crippen LogP contribution is -2.46. The lowest BCUT2D eigenvalue weighted by molar-refractivity contribution is 0.191. The van der Waals surface area contributed by atoms with E-state index >= 15 is 0 Å². The first-order valence-electron chi connectivity index (χ1n) is 7.10. The van der Waals surface area contributed by atoms with E-state index in [-0.39, 0.29) is 17.5 Å². The second-order valence-electron chi connectivity index (χ2n) is 5.36. The summed E-state index contributed by atoms with van der Waals surface area (Å²) in [5.41, 5.74) is 0.758. The number of likely N-dealkylation sites (N-methyl/N-ethyl adjacent to an activating group) is 1. The van der Waals surface area contributed by atoms with Gasteiger partial charge in [-0.15, -0.1) is 0 Å². The molecule has 2 rings (SSSR count). The Bertz CT molecular complexity index is 423. The number of hydrogen-bond acceptors (Lipinski definition) is 4. The molecule has 1 saturated heterocycles. The molecule has 0 aliphatic carbocycles. The van der Waals surface area contributed by atoms with E-state index in [0.29, 0.717) is 6.04 Å². The molecule has 1 aromatic carbocycles. The van der Waals surface area contributed by atoms with E-state index in [4.69, 9.17) is 0 Å². The molecule has 0 saturated carbocycles. The summed E-state index contributed by atoms with van der Waals surface area (Å²) in [4.78, 5) is 2.44. The smallest absolute Gasteiger partial charge is 0.120 e. The average molecular weight is 264 g/mol. The van der Waals surface area contributed by atoms with Crippen LogP contribution in [0, 0.1) is 0 Å². The summed E-state index contributed by atoms with van der Waals surface area (Å²) in [6.45, 7) is 7.54. The highest BCUT2D eigenvalue weighted by atomic mass is 16.3. The van der Waals surface area contributed by atoms with Crippen molar-refractivity contribution in [3.05, 3.63) is 23.8 Å². The molecule has 4 nitrogen and oxygen atoms in total. The lowest BCUT2D eigenvalue weighted by Gasteiger charge is -2.34. The van der Waals surface area contributed by atoms with Gasteiger partial charge in [-0.2, -0.15) is 0 Å². The largest absolute Gasteiger partial charge is 0.508 e. The van der Waals surface area contributed by atoms with Crippen molar-refractivity contribution in [3.63, 3.8) is 0 Å². The van der Waals surface area contributed by atoms with E-state index in [9.17, 15) is 10.2 Å². The standard InChI is InChI=1S/C15H24N2O2/c1-3-17-8-4-5-12(10-17)16-11(2)14-9-13(18)6-7-15(14)19/h6-7,9,11-12,16,18-19H,3-5,8,10H2,1-2H3. The Balaban J connectivity index is 2.00. The number of aromatic hydroxyl groups is 2. The highest BCUT2D eigenvalue weighted by molar-refractivity contribution is 5.40. The molecule has 2 unspecified atom stereocenters. The molecule has 0 spiro atoms. The van der Waals surface area contributed by atoms with Crippen LogP contribution in [0.2, 0.25) is 0 Å². The summed E-state index contributed by atoms with van der Waals surface area (Å²) in [7, 11) is 0. The molecule has 4 heteroatoms.